The quantitative estimate of drug-likeness (QED) is 0.687. The van der Waals surface area contributed by atoms with E-state index >= 15 is 0 Å². The predicted octanol–water partition coefficient (Wildman–Crippen LogP) is 2.21. The van der Waals surface area contributed by atoms with E-state index in [1.165, 1.54) is 0 Å². The van der Waals surface area contributed by atoms with Crippen LogP contribution in [0.1, 0.15) is 19.8 Å². The Bertz CT molecular complexity index is 264. The van der Waals surface area contributed by atoms with Gasteiger partial charge in [-0.15, -0.1) is 0 Å². The zero-order valence-corrected chi connectivity index (χ0v) is 9.89. The first-order valence-corrected chi connectivity index (χ1v) is 5.84. The molecule has 1 atom stereocenters. The van der Waals surface area contributed by atoms with Crippen molar-refractivity contribution in [2.45, 2.75) is 25.8 Å². The third-order valence-corrected chi connectivity index (χ3v) is 2.30. The van der Waals surface area contributed by atoms with Gasteiger partial charge in [0.05, 0.1) is 13.2 Å². The zero-order valence-electron chi connectivity index (χ0n) is 9.89. The summed E-state index contributed by atoms with van der Waals surface area (Å²) in [6.45, 7) is 4.10. The molecule has 1 aromatic rings. The van der Waals surface area contributed by atoms with E-state index in [1.807, 2.05) is 30.3 Å². The predicted molar refractivity (Wildman–Crippen MR) is 65.6 cm³/mol. The van der Waals surface area contributed by atoms with Crippen LogP contribution in [0.2, 0.25) is 0 Å². The number of hydrogen-bond donors (Lipinski definition) is 1. The highest BCUT2D eigenvalue weighted by Crippen LogP contribution is 2.08. The highest BCUT2D eigenvalue weighted by atomic mass is 16.5. The molecule has 0 spiro atoms. The van der Waals surface area contributed by atoms with Gasteiger partial charge in [0.25, 0.3) is 0 Å². The summed E-state index contributed by atoms with van der Waals surface area (Å²) >= 11 is 0. The molecule has 0 radical (unpaired) electrons. The van der Waals surface area contributed by atoms with Gasteiger partial charge in [0.2, 0.25) is 0 Å². The first kappa shape index (κ1) is 13.0. The summed E-state index contributed by atoms with van der Waals surface area (Å²) in [6.07, 6.45) is 1.85. The Morgan fingerprint density at radius 3 is 2.62 bits per heavy atom. The van der Waals surface area contributed by atoms with Crippen LogP contribution in [0.4, 0.5) is 0 Å². The summed E-state index contributed by atoms with van der Waals surface area (Å²) in [5.74, 6) is 0.910. The smallest absolute Gasteiger partial charge is 0.119 e. The van der Waals surface area contributed by atoms with E-state index in [-0.39, 0.29) is 6.04 Å². The van der Waals surface area contributed by atoms with Crippen LogP contribution >= 0.6 is 0 Å². The van der Waals surface area contributed by atoms with Crippen LogP contribution in [0.25, 0.3) is 0 Å². The molecule has 2 N–H and O–H groups in total. The van der Waals surface area contributed by atoms with Crippen LogP contribution in [-0.4, -0.2) is 25.9 Å². The average molecular weight is 223 g/mol. The maximum absolute atomic E-state index is 5.72. The number of ether oxygens (including phenoxy) is 2. The summed E-state index contributed by atoms with van der Waals surface area (Å²) in [6, 6.07) is 9.97. The van der Waals surface area contributed by atoms with E-state index in [1.54, 1.807) is 0 Å². The van der Waals surface area contributed by atoms with Gasteiger partial charge in [0.15, 0.2) is 0 Å². The SMILES string of the molecule is CCC(N)COCCCOc1ccccc1. The highest BCUT2D eigenvalue weighted by molar-refractivity contribution is 5.20. The average Bonchev–Trinajstić information content (AvgIpc) is 2.34. The topological polar surface area (TPSA) is 44.5 Å². The van der Waals surface area contributed by atoms with Gasteiger partial charge in [-0.05, 0) is 18.6 Å². The molecule has 0 saturated heterocycles. The molecule has 0 aliphatic rings. The molecule has 0 aliphatic heterocycles. The minimum Gasteiger partial charge on any atom is -0.494 e. The van der Waals surface area contributed by atoms with E-state index in [0.29, 0.717) is 19.8 Å². The fourth-order valence-corrected chi connectivity index (χ4v) is 1.22. The van der Waals surface area contributed by atoms with Gasteiger partial charge in [-0.2, -0.15) is 0 Å². The lowest BCUT2D eigenvalue weighted by atomic mass is 10.3. The molecular formula is C13H21NO2. The molecule has 1 rings (SSSR count). The van der Waals surface area contributed by atoms with E-state index in [4.69, 9.17) is 15.2 Å². The van der Waals surface area contributed by atoms with Crippen molar-refractivity contribution < 1.29 is 9.47 Å². The molecule has 0 fully saturated rings. The third kappa shape index (κ3) is 5.73. The Morgan fingerprint density at radius 2 is 1.94 bits per heavy atom. The number of benzene rings is 1. The Labute approximate surface area is 97.6 Å². The Morgan fingerprint density at radius 1 is 1.19 bits per heavy atom. The van der Waals surface area contributed by atoms with Gasteiger partial charge >= 0.3 is 0 Å². The lowest BCUT2D eigenvalue weighted by Crippen LogP contribution is -2.25. The van der Waals surface area contributed by atoms with Crippen molar-refractivity contribution >= 4 is 0 Å². The second kappa shape index (κ2) is 8.13. The van der Waals surface area contributed by atoms with Gasteiger partial charge in [-0.25, -0.2) is 0 Å². The monoisotopic (exact) mass is 223 g/mol. The van der Waals surface area contributed by atoms with Crippen molar-refractivity contribution in [1.29, 1.82) is 0 Å². The standard InChI is InChI=1S/C13H21NO2/c1-2-12(14)11-15-9-6-10-16-13-7-4-3-5-8-13/h3-5,7-8,12H,2,6,9-11,14H2,1H3. The van der Waals surface area contributed by atoms with Crippen LogP contribution in [0.5, 0.6) is 5.75 Å². The molecular weight excluding hydrogens is 202 g/mol. The largest absolute Gasteiger partial charge is 0.494 e. The number of nitrogens with two attached hydrogens (primary N) is 1. The van der Waals surface area contributed by atoms with Gasteiger partial charge in [0.1, 0.15) is 5.75 Å². The molecule has 0 amide bonds. The van der Waals surface area contributed by atoms with Gasteiger partial charge in [0, 0.05) is 19.1 Å². The van der Waals surface area contributed by atoms with E-state index in [2.05, 4.69) is 6.92 Å². The molecule has 3 nitrogen and oxygen atoms in total. The molecule has 1 unspecified atom stereocenters. The summed E-state index contributed by atoms with van der Waals surface area (Å²) in [5.41, 5.74) is 5.72. The Balaban J connectivity index is 1.96. The minimum absolute atomic E-state index is 0.162. The molecule has 90 valence electrons. The van der Waals surface area contributed by atoms with Crippen LogP contribution in [0.3, 0.4) is 0 Å². The fourth-order valence-electron chi connectivity index (χ4n) is 1.22. The van der Waals surface area contributed by atoms with Crippen molar-refractivity contribution in [1.82, 2.24) is 0 Å². The second-order valence-electron chi connectivity index (χ2n) is 3.76. The highest BCUT2D eigenvalue weighted by Gasteiger charge is 1.98. The Hall–Kier alpha value is -1.06. The first-order chi connectivity index (χ1) is 7.83. The van der Waals surface area contributed by atoms with Crippen LogP contribution in [-0.2, 0) is 4.74 Å². The molecule has 3 heteroatoms. The van der Waals surface area contributed by atoms with Crippen molar-refractivity contribution in [3.8, 4) is 5.75 Å². The van der Waals surface area contributed by atoms with E-state index in [9.17, 15) is 0 Å². The molecule has 1 aromatic carbocycles. The third-order valence-electron chi connectivity index (χ3n) is 2.30. The van der Waals surface area contributed by atoms with E-state index < -0.39 is 0 Å². The van der Waals surface area contributed by atoms with Crippen molar-refractivity contribution in [3.05, 3.63) is 30.3 Å². The van der Waals surface area contributed by atoms with Gasteiger partial charge < -0.3 is 15.2 Å². The lowest BCUT2D eigenvalue weighted by molar-refractivity contribution is 0.107. The van der Waals surface area contributed by atoms with Gasteiger partial charge in [-0.3, -0.25) is 0 Å². The zero-order chi connectivity index (χ0) is 11.6. The molecule has 0 aliphatic carbocycles. The first-order valence-electron chi connectivity index (χ1n) is 5.84. The van der Waals surface area contributed by atoms with Gasteiger partial charge in [-0.1, -0.05) is 25.1 Å². The second-order valence-corrected chi connectivity index (χ2v) is 3.76. The van der Waals surface area contributed by atoms with E-state index in [0.717, 1.165) is 18.6 Å². The number of hydrogen-bond acceptors (Lipinski definition) is 3. The van der Waals surface area contributed by atoms with Crippen LogP contribution < -0.4 is 10.5 Å². The van der Waals surface area contributed by atoms with Crippen LogP contribution in [0.15, 0.2) is 30.3 Å². The maximum atomic E-state index is 5.72. The fraction of sp³-hybridized carbons (Fsp3) is 0.538. The molecule has 0 saturated carbocycles. The molecule has 0 bridgehead atoms. The summed E-state index contributed by atoms with van der Waals surface area (Å²) in [5, 5.41) is 0. The minimum atomic E-state index is 0.162. The number of para-hydroxylation sites is 1. The molecule has 0 aromatic heterocycles. The van der Waals surface area contributed by atoms with Crippen molar-refractivity contribution in [3.63, 3.8) is 0 Å². The number of rotatable bonds is 8. The van der Waals surface area contributed by atoms with Crippen LogP contribution in [0, 0.1) is 0 Å². The van der Waals surface area contributed by atoms with Crippen molar-refractivity contribution in [2.75, 3.05) is 19.8 Å². The summed E-state index contributed by atoms with van der Waals surface area (Å²) in [4.78, 5) is 0. The maximum Gasteiger partial charge on any atom is 0.119 e. The molecule has 0 heterocycles. The lowest BCUT2D eigenvalue weighted by Gasteiger charge is -2.10. The normalized spacial score (nSPS) is 12.4. The Kier molecular flexibility index (Phi) is 6.61. The summed E-state index contributed by atoms with van der Waals surface area (Å²) < 4.78 is 10.9. The van der Waals surface area contributed by atoms with Crippen molar-refractivity contribution in [2.24, 2.45) is 5.73 Å². The summed E-state index contributed by atoms with van der Waals surface area (Å²) in [7, 11) is 0. The molecule has 16 heavy (non-hydrogen) atoms.